The van der Waals surface area contributed by atoms with Crippen LogP contribution in [0.15, 0.2) is 59.3 Å². The molecule has 0 aliphatic carbocycles. The highest BCUT2D eigenvalue weighted by Gasteiger charge is 2.44. The number of hydrogen-bond donors (Lipinski definition) is 0. The average Bonchev–Trinajstić information content (AvgIpc) is 3.27. The fourth-order valence-electron chi connectivity index (χ4n) is 4.65. The summed E-state index contributed by atoms with van der Waals surface area (Å²) in [4.78, 5) is 33.0. The van der Waals surface area contributed by atoms with Crippen molar-refractivity contribution < 1.29 is 18.8 Å². The summed E-state index contributed by atoms with van der Waals surface area (Å²) in [5, 5.41) is 0.0146. The number of ketones is 1. The zero-order valence-electron chi connectivity index (χ0n) is 22.9. The van der Waals surface area contributed by atoms with Crippen molar-refractivity contribution in [3.05, 3.63) is 64.9 Å². The molecular weight excluding hydrogens is 562 g/mol. The molecule has 0 saturated carbocycles. The fraction of sp³-hybridized carbons (Fsp3) is 0.483. The zero-order chi connectivity index (χ0) is 27.5. The van der Waals surface area contributed by atoms with Crippen molar-refractivity contribution in [3.63, 3.8) is 0 Å². The summed E-state index contributed by atoms with van der Waals surface area (Å²) in [6.45, 7) is 12.0. The number of imidazole rings is 1. The van der Waals surface area contributed by atoms with Gasteiger partial charge in [-0.25, -0.2) is 9.78 Å². The third-order valence-corrected chi connectivity index (χ3v) is 12.9. The molecule has 9 heteroatoms. The van der Waals surface area contributed by atoms with E-state index in [4.69, 9.17) is 9.16 Å². The SMILES string of the molecule is CC(C)(C)[Si](C)(C)O[C@H]1CCCN(C(=O)OCc2ccccc2)[C@@H]1CC(=O)Cn1cnc2c(Br)cccc21. The van der Waals surface area contributed by atoms with E-state index in [1.54, 1.807) is 11.2 Å². The Morgan fingerprint density at radius 2 is 1.84 bits per heavy atom. The van der Waals surface area contributed by atoms with Gasteiger partial charge in [-0.1, -0.05) is 57.2 Å². The number of carbonyl (C=O) groups is 2. The number of halogens is 1. The smallest absolute Gasteiger partial charge is 0.410 e. The minimum atomic E-state index is -2.14. The summed E-state index contributed by atoms with van der Waals surface area (Å²) in [5.41, 5.74) is 2.64. The maximum absolute atomic E-state index is 13.5. The van der Waals surface area contributed by atoms with Crippen molar-refractivity contribution in [1.29, 1.82) is 0 Å². The zero-order valence-corrected chi connectivity index (χ0v) is 25.5. The molecule has 38 heavy (non-hydrogen) atoms. The predicted molar refractivity (Wildman–Crippen MR) is 155 cm³/mol. The number of para-hydroxylation sites is 1. The number of hydrogen-bond acceptors (Lipinski definition) is 5. The van der Waals surface area contributed by atoms with Gasteiger partial charge in [0.25, 0.3) is 0 Å². The maximum atomic E-state index is 13.5. The van der Waals surface area contributed by atoms with E-state index in [-0.39, 0.29) is 42.5 Å². The molecule has 4 rings (SSSR count). The summed E-state index contributed by atoms with van der Waals surface area (Å²) in [6, 6.07) is 15.1. The van der Waals surface area contributed by atoms with Crippen molar-refractivity contribution in [2.24, 2.45) is 0 Å². The molecule has 204 valence electrons. The van der Waals surface area contributed by atoms with Crippen LogP contribution in [0.5, 0.6) is 0 Å². The van der Waals surface area contributed by atoms with E-state index in [0.29, 0.717) is 6.54 Å². The number of amides is 1. The first-order valence-corrected chi connectivity index (χ1v) is 16.9. The highest BCUT2D eigenvalue weighted by molar-refractivity contribution is 9.10. The number of likely N-dealkylation sites (tertiary alicyclic amines) is 1. The van der Waals surface area contributed by atoms with Crippen LogP contribution in [0.3, 0.4) is 0 Å². The van der Waals surface area contributed by atoms with Crippen molar-refractivity contribution >= 4 is 47.2 Å². The van der Waals surface area contributed by atoms with E-state index in [0.717, 1.165) is 33.9 Å². The molecular formula is C29H38BrN3O4Si. The third kappa shape index (κ3) is 6.55. The molecule has 0 N–H and O–H groups in total. The lowest BCUT2D eigenvalue weighted by atomic mass is 9.95. The molecule has 1 aliphatic heterocycles. The lowest BCUT2D eigenvalue weighted by Gasteiger charge is -2.46. The van der Waals surface area contributed by atoms with Gasteiger partial charge in [0, 0.05) is 17.4 Å². The van der Waals surface area contributed by atoms with Crippen LogP contribution >= 0.6 is 15.9 Å². The molecule has 1 amide bonds. The molecule has 7 nitrogen and oxygen atoms in total. The molecule has 0 unspecified atom stereocenters. The first-order chi connectivity index (χ1) is 18.0. The number of piperidine rings is 1. The van der Waals surface area contributed by atoms with E-state index < -0.39 is 14.4 Å². The molecule has 0 spiro atoms. The van der Waals surface area contributed by atoms with Crippen LogP contribution in [0.2, 0.25) is 18.1 Å². The molecule has 1 aromatic heterocycles. The predicted octanol–water partition coefficient (Wildman–Crippen LogP) is 6.95. The Morgan fingerprint density at radius 3 is 2.55 bits per heavy atom. The van der Waals surface area contributed by atoms with E-state index in [1.165, 1.54) is 0 Å². The number of rotatable bonds is 8. The quantitative estimate of drug-likeness (QED) is 0.262. The molecule has 2 aromatic carbocycles. The number of nitrogens with zero attached hydrogens (tertiary/aromatic N) is 3. The normalized spacial score (nSPS) is 18.5. The highest BCUT2D eigenvalue weighted by atomic mass is 79.9. The Labute approximate surface area is 234 Å². The van der Waals surface area contributed by atoms with Crippen LogP contribution in [0.25, 0.3) is 11.0 Å². The van der Waals surface area contributed by atoms with Crippen LogP contribution in [0.1, 0.15) is 45.6 Å². The Hall–Kier alpha value is -2.49. The fourth-order valence-corrected chi connectivity index (χ4v) is 6.50. The second-order valence-corrected chi connectivity index (χ2v) is 17.2. The minimum Gasteiger partial charge on any atom is -0.445 e. The number of ether oxygens (including phenoxy) is 1. The minimum absolute atomic E-state index is 0.0146. The Morgan fingerprint density at radius 1 is 1.11 bits per heavy atom. The molecule has 0 bridgehead atoms. The highest BCUT2D eigenvalue weighted by Crippen LogP contribution is 2.39. The van der Waals surface area contributed by atoms with Gasteiger partial charge in [-0.3, -0.25) is 4.79 Å². The molecule has 2 heterocycles. The summed E-state index contributed by atoms with van der Waals surface area (Å²) < 4.78 is 15.3. The topological polar surface area (TPSA) is 73.7 Å². The summed E-state index contributed by atoms with van der Waals surface area (Å²) >= 11 is 3.53. The van der Waals surface area contributed by atoms with Gasteiger partial charge < -0.3 is 18.6 Å². The van der Waals surface area contributed by atoms with Crippen LogP contribution in [0, 0.1) is 0 Å². The van der Waals surface area contributed by atoms with Gasteiger partial charge in [0.2, 0.25) is 0 Å². The molecule has 1 fully saturated rings. The summed E-state index contributed by atoms with van der Waals surface area (Å²) in [5.74, 6) is 0.0286. The average molecular weight is 601 g/mol. The lowest BCUT2D eigenvalue weighted by molar-refractivity contribution is -0.122. The van der Waals surface area contributed by atoms with Crippen LogP contribution in [-0.4, -0.2) is 53.3 Å². The summed E-state index contributed by atoms with van der Waals surface area (Å²) in [6.07, 6.45) is 2.91. The van der Waals surface area contributed by atoms with Crippen molar-refractivity contribution in [2.75, 3.05) is 6.54 Å². The molecule has 2 atom stereocenters. The summed E-state index contributed by atoms with van der Waals surface area (Å²) in [7, 11) is -2.14. The monoisotopic (exact) mass is 599 g/mol. The largest absolute Gasteiger partial charge is 0.445 e. The standard InChI is InChI=1S/C29H38BrN3O4Si/c1-29(2,3)38(4,5)37-26-15-10-16-33(28(35)36-19-21-11-7-6-8-12-21)25(26)17-22(34)18-32-20-31-27-23(30)13-9-14-24(27)32/h6-9,11-14,20,25-26H,10,15-19H2,1-5H3/t25-,26+/m1/s1. The van der Waals surface area contributed by atoms with Gasteiger partial charge in [0.05, 0.1) is 30.5 Å². The van der Waals surface area contributed by atoms with Crippen LogP contribution < -0.4 is 0 Å². The molecule has 1 saturated heterocycles. The second-order valence-electron chi connectivity index (χ2n) is 11.6. The van der Waals surface area contributed by atoms with Crippen LogP contribution in [-0.2, 0) is 27.1 Å². The Balaban J connectivity index is 1.54. The van der Waals surface area contributed by atoms with E-state index >= 15 is 0 Å². The number of benzene rings is 2. The molecule has 1 aliphatic rings. The first-order valence-electron chi connectivity index (χ1n) is 13.2. The maximum Gasteiger partial charge on any atom is 0.410 e. The van der Waals surface area contributed by atoms with Gasteiger partial charge >= 0.3 is 6.09 Å². The van der Waals surface area contributed by atoms with Crippen molar-refractivity contribution in [1.82, 2.24) is 14.5 Å². The van der Waals surface area contributed by atoms with Gasteiger partial charge in [0.15, 0.2) is 14.1 Å². The Bertz CT molecular complexity index is 1270. The number of Topliss-reactive ketones (excluding diaryl/α,β-unsaturated/α-hetero) is 1. The van der Waals surface area contributed by atoms with Gasteiger partial charge in [0.1, 0.15) is 12.1 Å². The van der Waals surface area contributed by atoms with Crippen LogP contribution in [0.4, 0.5) is 4.79 Å². The van der Waals surface area contributed by atoms with E-state index in [2.05, 4.69) is 54.8 Å². The van der Waals surface area contributed by atoms with Crippen molar-refractivity contribution in [2.45, 2.75) is 83.5 Å². The van der Waals surface area contributed by atoms with E-state index in [1.807, 2.05) is 53.1 Å². The molecule has 3 aromatic rings. The van der Waals surface area contributed by atoms with Crippen molar-refractivity contribution in [3.8, 4) is 0 Å². The van der Waals surface area contributed by atoms with Gasteiger partial charge in [-0.15, -0.1) is 0 Å². The number of fused-ring (bicyclic) bond motifs is 1. The number of carbonyl (C=O) groups excluding carboxylic acids is 2. The Kier molecular flexibility index (Phi) is 8.79. The number of aromatic nitrogens is 2. The van der Waals surface area contributed by atoms with E-state index in [9.17, 15) is 9.59 Å². The van der Waals surface area contributed by atoms with Gasteiger partial charge in [-0.05, 0) is 64.6 Å². The first kappa shape index (κ1) is 28.5. The third-order valence-electron chi connectivity index (χ3n) is 7.79. The lowest BCUT2D eigenvalue weighted by Crippen LogP contribution is -2.56. The van der Waals surface area contributed by atoms with Gasteiger partial charge in [-0.2, -0.15) is 0 Å². The second kappa shape index (κ2) is 11.7. The molecule has 0 radical (unpaired) electrons.